The Kier molecular flexibility index (Phi) is 43.9. The number of amides is 1. The van der Waals surface area contributed by atoms with Gasteiger partial charge in [-0.1, -0.05) is 237 Å². The second-order valence-electron chi connectivity index (χ2n) is 17.2. The van der Waals surface area contributed by atoms with E-state index in [-0.39, 0.29) is 0 Å². The Balaban J connectivity index is 3.48. The van der Waals surface area contributed by atoms with E-state index in [9.17, 15) is 25.2 Å². The van der Waals surface area contributed by atoms with Crippen LogP contribution in [0.5, 0.6) is 0 Å². The molecule has 0 spiro atoms. The zero-order chi connectivity index (χ0) is 41.0. The van der Waals surface area contributed by atoms with Crippen molar-refractivity contribution in [3.05, 3.63) is 24.3 Å². The monoisotopic (exact) mass is 792 g/mol. The first-order valence-corrected chi connectivity index (χ1v) is 24.7. The van der Waals surface area contributed by atoms with Crippen molar-refractivity contribution in [2.24, 2.45) is 0 Å². The van der Waals surface area contributed by atoms with Crippen LogP contribution < -0.4 is 5.32 Å². The van der Waals surface area contributed by atoms with E-state index < -0.39 is 36.9 Å². The molecule has 56 heavy (non-hydrogen) atoms. The molecule has 0 aliphatic rings. The van der Waals surface area contributed by atoms with Gasteiger partial charge in [0.1, 0.15) is 12.2 Å². The maximum atomic E-state index is 12.5. The lowest BCUT2D eigenvalue weighted by Gasteiger charge is -2.27. The summed E-state index contributed by atoms with van der Waals surface area (Å²) in [5.41, 5.74) is 0. The lowest BCUT2D eigenvalue weighted by Crippen LogP contribution is -2.53. The summed E-state index contributed by atoms with van der Waals surface area (Å²) in [7, 11) is 0. The van der Waals surface area contributed by atoms with Crippen molar-refractivity contribution in [3.63, 3.8) is 0 Å². The minimum Gasteiger partial charge on any atom is -0.394 e. The molecule has 0 bridgehead atoms. The van der Waals surface area contributed by atoms with Crippen LogP contribution in [-0.4, -0.2) is 57.3 Å². The molecule has 0 radical (unpaired) electrons. The fraction of sp³-hybridized carbons (Fsp3) is 0.900. The van der Waals surface area contributed by atoms with Crippen molar-refractivity contribution in [2.45, 2.75) is 282 Å². The van der Waals surface area contributed by atoms with Crippen LogP contribution in [0.1, 0.15) is 258 Å². The number of carbonyl (C=O) groups is 1. The third-order valence-electron chi connectivity index (χ3n) is 11.7. The molecule has 0 saturated heterocycles. The number of nitrogens with one attached hydrogen (secondary N) is 1. The molecule has 1 amide bonds. The first-order chi connectivity index (χ1) is 27.5. The van der Waals surface area contributed by atoms with Crippen molar-refractivity contribution >= 4 is 5.91 Å². The zero-order valence-corrected chi connectivity index (χ0v) is 37.4. The number of aliphatic hydroxyl groups excluding tert-OH is 4. The molecule has 0 heterocycles. The summed E-state index contributed by atoms with van der Waals surface area (Å²) < 4.78 is 0. The number of carbonyl (C=O) groups excluding carboxylic acids is 1. The smallest absolute Gasteiger partial charge is 0.249 e. The number of unbranched alkanes of at least 4 members (excludes halogenated alkanes) is 33. The Morgan fingerprint density at radius 1 is 0.464 bits per heavy atom. The third kappa shape index (κ3) is 38.3. The minimum absolute atomic E-state index is 0.364. The summed E-state index contributed by atoms with van der Waals surface area (Å²) in [6.07, 6.45) is 52.9. The van der Waals surface area contributed by atoms with E-state index >= 15 is 0 Å². The molecule has 6 heteroatoms. The minimum atomic E-state index is -1.28. The second kappa shape index (κ2) is 44.9. The van der Waals surface area contributed by atoms with Crippen LogP contribution in [0.3, 0.4) is 0 Å². The normalized spacial score (nSPS) is 14.2. The van der Waals surface area contributed by atoms with E-state index in [0.717, 1.165) is 38.5 Å². The van der Waals surface area contributed by atoms with Gasteiger partial charge in [0.25, 0.3) is 0 Å². The Labute approximate surface area is 348 Å². The molecular weight excluding hydrogens is 695 g/mol. The molecule has 0 aliphatic heterocycles. The van der Waals surface area contributed by atoms with Crippen molar-refractivity contribution in [3.8, 4) is 0 Å². The van der Waals surface area contributed by atoms with Crippen LogP contribution in [0.25, 0.3) is 0 Å². The molecule has 5 N–H and O–H groups in total. The highest BCUT2D eigenvalue weighted by Gasteiger charge is 2.28. The van der Waals surface area contributed by atoms with Crippen LogP contribution in [0, 0.1) is 0 Å². The highest BCUT2D eigenvalue weighted by molar-refractivity contribution is 5.80. The number of allylic oxidation sites excluding steroid dienone is 4. The topological polar surface area (TPSA) is 110 Å². The molecule has 332 valence electrons. The van der Waals surface area contributed by atoms with Gasteiger partial charge in [0, 0.05) is 0 Å². The van der Waals surface area contributed by atoms with E-state index in [2.05, 4.69) is 30.5 Å². The largest absolute Gasteiger partial charge is 0.394 e. The SMILES string of the molecule is C/C=C/CC/C=C/CCCC(O)C(O)C(CO)NC(=O)C(O)CCCCCCCCCCCCCCCCCCCCCCCCCCCCCCCCCC. The molecular formula is C50H97NO5. The Bertz CT molecular complexity index is 847. The molecule has 0 aromatic carbocycles. The first kappa shape index (κ1) is 54.8. The van der Waals surface area contributed by atoms with Gasteiger partial charge < -0.3 is 25.7 Å². The third-order valence-corrected chi connectivity index (χ3v) is 11.7. The average Bonchev–Trinajstić information content (AvgIpc) is 3.20. The fourth-order valence-corrected chi connectivity index (χ4v) is 7.84. The van der Waals surface area contributed by atoms with Gasteiger partial charge in [-0.15, -0.1) is 0 Å². The van der Waals surface area contributed by atoms with Crippen molar-refractivity contribution in [2.75, 3.05) is 6.61 Å². The second-order valence-corrected chi connectivity index (χ2v) is 17.2. The van der Waals surface area contributed by atoms with Gasteiger partial charge in [-0.2, -0.15) is 0 Å². The number of hydrogen-bond acceptors (Lipinski definition) is 5. The van der Waals surface area contributed by atoms with Crippen LogP contribution in [-0.2, 0) is 4.79 Å². The van der Waals surface area contributed by atoms with Crippen LogP contribution in [0.15, 0.2) is 24.3 Å². The summed E-state index contributed by atoms with van der Waals surface area (Å²) in [6.45, 7) is 3.80. The van der Waals surface area contributed by atoms with E-state index in [1.165, 1.54) is 186 Å². The van der Waals surface area contributed by atoms with Gasteiger partial charge in [0.2, 0.25) is 5.91 Å². The van der Waals surface area contributed by atoms with E-state index in [0.29, 0.717) is 19.3 Å². The highest BCUT2D eigenvalue weighted by Crippen LogP contribution is 2.18. The highest BCUT2D eigenvalue weighted by atomic mass is 16.3. The fourth-order valence-electron chi connectivity index (χ4n) is 7.84. The van der Waals surface area contributed by atoms with Crippen molar-refractivity contribution in [1.29, 1.82) is 0 Å². The Morgan fingerprint density at radius 2 is 0.804 bits per heavy atom. The number of hydrogen-bond donors (Lipinski definition) is 5. The maximum absolute atomic E-state index is 12.5. The predicted molar refractivity (Wildman–Crippen MR) is 242 cm³/mol. The van der Waals surface area contributed by atoms with Gasteiger partial charge in [-0.3, -0.25) is 4.79 Å². The van der Waals surface area contributed by atoms with Gasteiger partial charge in [-0.25, -0.2) is 0 Å². The molecule has 0 aromatic heterocycles. The van der Waals surface area contributed by atoms with Crippen LogP contribution in [0.2, 0.25) is 0 Å². The first-order valence-electron chi connectivity index (χ1n) is 24.7. The van der Waals surface area contributed by atoms with E-state index in [4.69, 9.17) is 0 Å². The lowest BCUT2D eigenvalue weighted by atomic mass is 10.00. The predicted octanol–water partition coefficient (Wildman–Crippen LogP) is 13.5. The molecule has 0 aromatic rings. The van der Waals surface area contributed by atoms with E-state index in [1.54, 1.807) is 0 Å². The number of aliphatic hydroxyl groups is 4. The van der Waals surface area contributed by atoms with Crippen LogP contribution >= 0.6 is 0 Å². The molecule has 4 atom stereocenters. The summed E-state index contributed by atoms with van der Waals surface area (Å²) in [6, 6.07) is -1.00. The van der Waals surface area contributed by atoms with Gasteiger partial charge in [0.05, 0.1) is 18.8 Å². The Hall–Kier alpha value is -1.21. The molecule has 4 unspecified atom stereocenters. The van der Waals surface area contributed by atoms with E-state index in [1.807, 2.05) is 13.0 Å². The summed E-state index contributed by atoms with van der Waals surface area (Å²) in [5.74, 6) is -0.597. The summed E-state index contributed by atoms with van der Waals surface area (Å²) in [4.78, 5) is 12.5. The molecule has 0 rings (SSSR count). The molecule has 0 saturated carbocycles. The molecule has 0 fully saturated rings. The maximum Gasteiger partial charge on any atom is 0.249 e. The van der Waals surface area contributed by atoms with Gasteiger partial charge in [-0.05, 0) is 45.4 Å². The standard InChI is InChI=1S/C50H97NO5/c1-3-5-7-9-11-13-14-15-16-17-18-19-20-21-22-23-24-25-26-27-28-29-30-31-32-33-34-35-36-38-40-42-44-48(54)50(56)51-46(45-52)49(55)47(53)43-41-39-37-12-10-8-6-4-2/h4,6,12,37,46-49,52-55H,3,5,7-11,13-36,38-45H2,1-2H3,(H,51,56)/b6-4+,37-12+. The van der Waals surface area contributed by atoms with Crippen molar-refractivity contribution in [1.82, 2.24) is 5.32 Å². The van der Waals surface area contributed by atoms with Gasteiger partial charge in [0.15, 0.2) is 0 Å². The van der Waals surface area contributed by atoms with Crippen molar-refractivity contribution < 1.29 is 25.2 Å². The quantitative estimate of drug-likeness (QED) is 0.0312. The molecule has 0 aliphatic carbocycles. The zero-order valence-electron chi connectivity index (χ0n) is 37.4. The number of rotatable bonds is 45. The lowest BCUT2D eigenvalue weighted by molar-refractivity contribution is -0.132. The Morgan fingerprint density at radius 3 is 1.16 bits per heavy atom. The van der Waals surface area contributed by atoms with Crippen LogP contribution in [0.4, 0.5) is 0 Å². The molecule has 6 nitrogen and oxygen atoms in total. The summed E-state index contributed by atoms with van der Waals surface area (Å²) >= 11 is 0. The summed E-state index contributed by atoms with van der Waals surface area (Å²) in [5, 5.41) is 43.4. The average molecular weight is 792 g/mol. The van der Waals surface area contributed by atoms with Gasteiger partial charge >= 0.3 is 0 Å².